The van der Waals surface area contributed by atoms with Crippen molar-refractivity contribution in [3.8, 4) is 0 Å². The quantitative estimate of drug-likeness (QED) is 0.819. The molecule has 3 nitrogen and oxygen atoms in total. The van der Waals surface area contributed by atoms with E-state index in [1.807, 2.05) is 19.1 Å². The molecule has 2 aromatic rings. The van der Waals surface area contributed by atoms with Gasteiger partial charge in [-0.1, -0.05) is 18.2 Å². The lowest BCUT2D eigenvalue weighted by molar-refractivity contribution is 0.116. The van der Waals surface area contributed by atoms with E-state index in [-0.39, 0.29) is 6.04 Å². The van der Waals surface area contributed by atoms with Crippen LogP contribution in [-0.2, 0) is 4.74 Å². The molecule has 0 saturated heterocycles. The van der Waals surface area contributed by atoms with Gasteiger partial charge in [-0.3, -0.25) is 0 Å². The number of ether oxygens (including phenoxy) is 1. The van der Waals surface area contributed by atoms with Crippen LogP contribution in [0.25, 0.3) is 10.1 Å². The summed E-state index contributed by atoms with van der Waals surface area (Å²) in [5, 5.41) is 14.7. The topological polar surface area (TPSA) is 41.5 Å². The van der Waals surface area contributed by atoms with Gasteiger partial charge >= 0.3 is 0 Å². The minimum Gasteiger partial charge on any atom is -0.386 e. The van der Waals surface area contributed by atoms with Gasteiger partial charge in [-0.2, -0.15) is 0 Å². The number of hydrogen-bond acceptors (Lipinski definition) is 4. The second-order valence-electron chi connectivity index (χ2n) is 4.67. The van der Waals surface area contributed by atoms with Crippen LogP contribution in [-0.4, -0.2) is 30.9 Å². The molecule has 2 unspecified atom stereocenters. The molecule has 0 amide bonds. The average molecular weight is 279 g/mol. The molecule has 1 aromatic carbocycles. The molecule has 104 valence electrons. The summed E-state index contributed by atoms with van der Waals surface area (Å²) in [5.41, 5.74) is 0. The van der Waals surface area contributed by atoms with Gasteiger partial charge < -0.3 is 15.2 Å². The van der Waals surface area contributed by atoms with Crippen molar-refractivity contribution in [3.63, 3.8) is 0 Å². The van der Waals surface area contributed by atoms with Gasteiger partial charge in [0.1, 0.15) is 6.10 Å². The van der Waals surface area contributed by atoms with Gasteiger partial charge in [0.2, 0.25) is 0 Å². The number of aliphatic hydroxyl groups is 1. The smallest absolute Gasteiger partial charge is 0.101 e. The molecule has 2 rings (SSSR count). The Labute approximate surface area is 118 Å². The standard InChI is InChI=1S/C15H21NO2S/c1-3-18-10-11(2)16-9-13(17)15-8-12-6-4-5-7-14(12)19-15/h4-8,11,13,16-17H,3,9-10H2,1-2H3. The van der Waals surface area contributed by atoms with E-state index in [9.17, 15) is 5.11 Å². The summed E-state index contributed by atoms with van der Waals surface area (Å²) in [6, 6.07) is 10.5. The normalized spacial score (nSPS) is 14.7. The Morgan fingerprint density at radius 1 is 1.37 bits per heavy atom. The van der Waals surface area contributed by atoms with Crippen LogP contribution in [0.4, 0.5) is 0 Å². The summed E-state index contributed by atoms with van der Waals surface area (Å²) in [6.45, 7) is 6.01. The summed E-state index contributed by atoms with van der Waals surface area (Å²) in [7, 11) is 0. The maximum absolute atomic E-state index is 10.2. The van der Waals surface area contributed by atoms with E-state index in [2.05, 4.69) is 30.4 Å². The van der Waals surface area contributed by atoms with E-state index in [4.69, 9.17) is 4.74 Å². The van der Waals surface area contributed by atoms with Crippen LogP contribution >= 0.6 is 11.3 Å². The maximum Gasteiger partial charge on any atom is 0.101 e. The van der Waals surface area contributed by atoms with Gasteiger partial charge in [0.25, 0.3) is 0 Å². The number of fused-ring (bicyclic) bond motifs is 1. The van der Waals surface area contributed by atoms with Crippen molar-refractivity contribution in [3.05, 3.63) is 35.2 Å². The molecule has 0 aliphatic carbocycles. The van der Waals surface area contributed by atoms with E-state index < -0.39 is 6.10 Å². The fourth-order valence-electron chi connectivity index (χ4n) is 1.93. The Morgan fingerprint density at radius 2 is 2.16 bits per heavy atom. The molecule has 1 heterocycles. The predicted octanol–water partition coefficient (Wildman–Crippen LogP) is 2.95. The monoisotopic (exact) mass is 279 g/mol. The summed E-state index contributed by atoms with van der Waals surface area (Å²) in [6.07, 6.45) is -0.457. The third-order valence-corrected chi connectivity index (χ3v) is 4.22. The molecule has 4 heteroatoms. The van der Waals surface area contributed by atoms with Crippen LogP contribution in [0.1, 0.15) is 24.8 Å². The molecular weight excluding hydrogens is 258 g/mol. The van der Waals surface area contributed by atoms with Crippen LogP contribution in [0.5, 0.6) is 0 Å². The Kier molecular flexibility index (Phi) is 5.34. The summed E-state index contributed by atoms with van der Waals surface area (Å²) < 4.78 is 6.56. The number of benzene rings is 1. The van der Waals surface area contributed by atoms with Crippen molar-refractivity contribution in [2.45, 2.75) is 26.0 Å². The maximum atomic E-state index is 10.2. The highest BCUT2D eigenvalue weighted by atomic mass is 32.1. The van der Waals surface area contributed by atoms with Crippen molar-refractivity contribution in [2.24, 2.45) is 0 Å². The van der Waals surface area contributed by atoms with Gasteiger partial charge in [0.15, 0.2) is 0 Å². The lowest BCUT2D eigenvalue weighted by Crippen LogP contribution is -2.33. The molecule has 0 saturated carbocycles. The van der Waals surface area contributed by atoms with Gasteiger partial charge in [-0.25, -0.2) is 0 Å². The largest absolute Gasteiger partial charge is 0.386 e. The van der Waals surface area contributed by atoms with Crippen molar-refractivity contribution in [2.75, 3.05) is 19.8 Å². The van der Waals surface area contributed by atoms with Crippen LogP contribution in [0.3, 0.4) is 0 Å². The fraction of sp³-hybridized carbons (Fsp3) is 0.467. The number of aliphatic hydroxyl groups excluding tert-OH is 1. The molecule has 0 aliphatic rings. The Hall–Kier alpha value is -0.940. The molecule has 0 aliphatic heterocycles. The molecule has 0 spiro atoms. The van der Waals surface area contributed by atoms with E-state index in [0.717, 1.165) is 11.5 Å². The van der Waals surface area contributed by atoms with Gasteiger partial charge in [0.05, 0.1) is 6.61 Å². The number of rotatable bonds is 7. The SMILES string of the molecule is CCOCC(C)NCC(O)c1cc2ccccc2s1. The molecular formula is C15H21NO2S. The highest BCUT2D eigenvalue weighted by Crippen LogP contribution is 2.29. The lowest BCUT2D eigenvalue weighted by atomic mass is 10.2. The Morgan fingerprint density at radius 3 is 2.89 bits per heavy atom. The molecule has 0 bridgehead atoms. The zero-order valence-electron chi connectivity index (χ0n) is 11.4. The molecule has 2 N–H and O–H groups in total. The number of nitrogens with one attached hydrogen (secondary N) is 1. The summed E-state index contributed by atoms with van der Waals surface area (Å²) >= 11 is 1.65. The molecule has 1 aromatic heterocycles. The predicted molar refractivity (Wildman–Crippen MR) is 80.7 cm³/mol. The lowest BCUT2D eigenvalue weighted by Gasteiger charge is -2.16. The zero-order chi connectivity index (χ0) is 13.7. The van der Waals surface area contributed by atoms with Crippen molar-refractivity contribution >= 4 is 21.4 Å². The van der Waals surface area contributed by atoms with Crippen LogP contribution in [0.2, 0.25) is 0 Å². The Bertz CT molecular complexity index is 479. The molecule has 19 heavy (non-hydrogen) atoms. The molecule has 0 radical (unpaired) electrons. The fourth-order valence-corrected chi connectivity index (χ4v) is 2.98. The second-order valence-corrected chi connectivity index (χ2v) is 5.79. The number of hydrogen-bond donors (Lipinski definition) is 2. The van der Waals surface area contributed by atoms with Gasteiger partial charge in [-0.05, 0) is 31.4 Å². The minimum absolute atomic E-state index is 0.254. The first-order chi connectivity index (χ1) is 9.20. The second kappa shape index (κ2) is 7.01. The zero-order valence-corrected chi connectivity index (χ0v) is 12.2. The van der Waals surface area contributed by atoms with Crippen LogP contribution < -0.4 is 5.32 Å². The van der Waals surface area contributed by atoms with Crippen LogP contribution in [0, 0.1) is 0 Å². The molecule has 0 fully saturated rings. The first-order valence-electron chi connectivity index (χ1n) is 6.68. The summed E-state index contributed by atoms with van der Waals surface area (Å²) in [4.78, 5) is 1.01. The highest BCUT2D eigenvalue weighted by molar-refractivity contribution is 7.19. The third-order valence-electron chi connectivity index (χ3n) is 3.00. The van der Waals surface area contributed by atoms with E-state index in [1.165, 1.54) is 10.1 Å². The van der Waals surface area contributed by atoms with Gasteiger partial charge in [0, 0.05) is 28.8 Å². The van der Waals surface area contributed by atoms with E-state index in [0.29, 0.717) is 13.2 Å². The third kappa shape index (κ3) is 4.01. The van der Waals surface area contributed by atoms with Crippen molar-refractivity contribution < 1.29 is 9.84 Å². The molecule has 2 atom stereocenters. The first kappa shape index (κ1) is 14.5. The average Bonchev–Trinajstić information content (AvgIpc) is 2.86. The van der Waals surface area contributed by atoms with E-state index >= 15 is 0 Å². The van der Waals surface area contributed by atoms with Crippen molar-refractivity contribution in [1.82, 2.24) is 5.32 Å². The van der Waals surface area contributed by atoms with Gasteiger partial charge in [-0.15, -0.1) is 11.3 Å². The summed E-state index contributed by atoms with van der Waals surface area (Å²) in [5.74, 6) is 0. The Balaban J connectivity index is 1.90. The first-order valence-corrected chi connectivity index (χ1v) is 7.50. The van der Waals surface area contributed by atoms with Crippen molar-refractivity contribution in [1.29, 1.82) is 0 Å². The number of thiophene rings is 1. The van der Waals surface area contributed by atoms with E-state index in [1.54, 1.807) is 11.3 Å². The van der Waals surface area contributed by atoms with Crippen LogP contribution in [0.15, 0.2) is 30.3 Å². The minimum atomic E-state index is -0.457. The highest BCUT2D eigenvalue weighted by Gasteiger charge is 2.12.